The molecule has 4 aromatic rings. The van der Waals surface area contributed by atoms with E-state index in [0.717, 1.165) is 52.5 Å². The molecule has 8 nitrogen and oxygen atoms in total. The minimum Gasteiger partial charge on any atom is -0.363 e. The zero-order chi connectivity index (χ0) is 22.4. The van der Waals surface area contributed by atoms with Crippen LogP contribution < -0.4 is 15.4 Å². The number of rotatable bonds is 3. The fourth-order valence-electron chi connectivity index (χ4n) is 4.20. The quantitative estimate of drug-likeness (QED) is 0.497. The molecule has 0 fully saturated rings. The van der Waals surface area contributed by atoms with Crippen molar-refractivity contribution in [3.8, 4) is 11.1 Å². The Kier molecular flexibility index (Phi) is 4.84. The summed E-state index contributed by atoms with van der Waals surface area (Å²) in [5.41, 5.74) is 6.96. The molecule has 0 spiro atoms. The lowest BCUT2D eigenvalue weighted by molar-refractivity contribution is 0.685. The third kappa shape index (κ3) is 3.47. The molecule has 162 valence electrons. The molecule has 32 heavy (non-hydrogen) atoms. The Morgan fingerprint density at radius 1 is 1.00 bits per heavy atom. The second kappa shape index (κ2) is 7.71. The Hall–Kier alpha value is -3.81. The average molecular weight is 428 g/mol. The summed E-state index contributed by atoms with van der Waals surface area (Å²) in [7, 11) is 3.98. The van der Waals surface area contributed by atoms with Crippen LogP contribution in [0.25, 0.3) is 16.8 Å². The summed E-state index contributed by atoms with van der Waals surface area (Å²) >= 11 is 0. The first kappa shape index (κ1) is 20.1. The molecule has 0 atom stereocenters. The highest BCUT2D eigenvalue weighted by atomic mass is 16.1. The van der Waals surface area contributed by atoms with E-state index in [0.29, 0.717) is 12.2 Å². The van der Waals surface area contributed by atoms with Crippen LogP contribution in [0.4, 0.5) is 11.6 Å². The lowest BCUT2D eigenvalue weighted by Gasteiger charge is -2.30. The van der Waals surface area contributed by atoms with Gasteiger partial charge in [0.2, 0.25) is 0 Å². The maximum absolute atomic E-state index is 12.2. The second-order valence-electron chi connectivity index (χ2n) is 8.46. The van der Waals surface area contributed by atoms with Crippen LogP contribution in [-0.4, -0.2) is 45.2 Å². The molecule has 0 aromatic carbocycles. The standard InChI is InChI=1S/C24H25N7O/c1-15-9-21(29(3)4)27-13-19(15)17-11-18-14-30(8-6-20(18)26-12-17)24-16(2)10-22-25-7-5-23(32)31(22)28-24/h5,7,9-13H,6,8,14H2,1-4H3. The largest absolute Gasteiger partial charge is 0.363 e. The van der Waals surface area contributed by atoms with Crippen molar-refractivity contribution in [1.82, 2.24) is 24.6 Å². The maximum atomic E-state index is 12.2. The fourth-order valence-corrected chi connectivity index (χ4v) is 4.20. The summed E-state index contributed by atoms with van der Waals surface area (Å²) in [5.74, 6) is 1.74. The van der Waals surface area contributed by atoms with Gasteiger partial charge in [-0.05, 0) is 48.7 Å². The van der Waals surface area contributed by atoms with Gasteiger partial charge >= 0.3 is 0 Å². The number of nitrogens with zero attached hydrogens (tertiary/aromatic N) is 7. The molecule has 8 heteroatoms. The van der Waals surface area contributed by atoms with E-state index >= 15 is 0 Å². The SMILES string of the molecule is Cc1cc(N(C)C)ncc1-c1cnc2c(c1)CN(c1nn3c(=O)ccnc3cc1C)CC2. The van der Waals surface area contributed by atoms with E-state index in [-0.39, 0.29) is 5.56 Å². The number of hydrogen-bond acceptors (Lipinski definition) is 7. The zero-order valence-electron chi connectivity index (χ0n) is 18.7. The predicted molar refractivity (Wildman–Crippen MR) is 125 cm³/mol. The van der Waals surface area contributed by atoms with Gasteiger partial charge in [0, 0.05) is 75.1 Å². The zero-order valence-corrected chi connectivity index (χ0v) is 18.7. The first-order valence-electron chi connectivity index (χ1n) is 10.6. The summed E-state index contributed by atoms with van der Waals surface area (Å²) in [4.78, 5) is 30.1. The molecule has 0 aliphatic carbocycles. The van der Waals surface area contributed by atoms with Gasteiger partial charge in [0.1, 0.15) is 5.82 Å². The van der Waals surface area contributed by atoms with Crippen LogP contribution in [0.5, 0.6) is 0 Å². The number of pyridine rings is 2. The number of hydrogen-bond donors (Lipinski definition) is 0. The number of fused-ring (bicyclic) bond motifs is 2. The Balaban J connectivity index is 1.50. The van der Waals surface area contributed by atoms with Crippen molar-refractivity contribution in [1.29, 1.82) is 0 Å². The van der Waals surface area contributed by atoms with E-state index in [9.17, 15) is 4.79 Å². The van der Waals surface area contributed by atoms with Crippen molar-refractivity contribution >= 4 is 17.3 Å². The molecular formula is C24H25N7O. The first-order valence-corrected chi connectivity index (χ1v) is 10.6. The summed E-state index contributed by atoms with van der Waals surface area (Å²) in [6.07, 6.45) is 6.21. The van der Waals surface area contributed by atoms with Gasteiger partial charge in [-0.25, -0.2) is 9.97 Å². The molecule has 0 unspecified atom stereocenters. The van der Waals surface area contributed by atoms with Crippen LogP contribution in [-0.2, 0) is 13.0 Å². The van der Waals surface area contributed by atoms with E-state index in [1.165, 1.54) is 22.3 Å². The van der Waals surface area contributed by atoms with Crippen molar-refractivity contribution in [2.45, 2.75) is 26.8 Å². The topological polar surface area (TPSA) is 79.5 Å². The minimum absolute atomic E-state index is 0.179. The molecular weight excluding hydrogens is 402 g/mol. The third-order valence-corrected chi connectivity index (χ3v) is 5.95. The number of anilines is 2. The average Bonchev–Trinajstić information content (AvgIpc) is 2.78. The summed E-state index contributed by atoms with van der Waals surface area (Å²) in [6.45, 7) is 5.59. The van der Waals surface area contributed by atoms with Gasteiger partial charge in [0.25, 0.3) is 5.56 Å². The highest BCUT2D eigenvalue weighted by Crippen LogP contribution is 2.30. The van der Waals surface area contributed by atoms with Gasteiger partial charge in [-0.1, -0.05) is 0 Å². The van der Waals surface area contributed by atoms with E-state index in [1.807, 2.05) is 44.4 Å². The van der Waals surface area contributed by atoms with E-state index in [4.69, 9.17) is 4.98 Å². The van der Waals surface area contributed by atoms with Gasteiger partial charge in [0.05, 0.1) is 0 Å². The van der Waals surface area contributed by atoms with E-state index < -0.39 is 0 Å². The van der Waals surface area contributed by atoms with Crippen LogP contribution >= 0.6 is 0 Å². The van der Waals surface area contributed by atoms with Gasteiger partial charge in [-0.15, -0.1) is 5.10 Å². The number of aromatic nitrogens is 5. The molecule has 0 N–H and O–H groups in total. The van der Waals surface area contributed by atoms with Gasteiger partial charge in [-0.2, -0.15) is 4.52 Å². The van der Waals surface area contributed by atoms with Crippen LogP contribution in [0.15, 0.2) is 47.7 Å². The molecule has 5 rings (SSSR count). The maximum Gasteiger partial charge on any atom is 0.274 e. The first-order chi connectivity index (χ1) is 15.4. The van der Waals surface area contributed by atoms with E-state index in [2.05, 4.69) is 39.0 Å². The number of aryl methyl sites for hydroxylation is 2. The minimum atomic E-state index is -0.179. The molecule has 5 heterocycles. The summed E-state index contributed by atoms with van der Waals surface area (Å²) in [6, 6.07) is 7.64. The Morgan fingerprint density at radius 3 is 2.62 bits per heavy atom. The lowest BCUT2D eigenvalue weighted by Crippen LogP contribution is -2.33. The van der Waals surface area contributed by atoms with Crippen molar-refractivity contribution in [2.75, 3.05) is 30.4 Å². The third-order valence-electron chi connectivity index (χ3n) is 5.95. The van der Waals surface area contributed by atoms with Gasteiger partial charge in [0.15, 0.2) is 11.5 Å². The summed E-state index contributed by atoms with van der Waals surface area (Å²) in [5, 5.41) is 4.62. The van der Waals surface area contributed by atoms with Crippen LogP contribution in [0, 0.1) is 13.8 Å². The molecule has 0 saturated heterocycles. The van der Waals surface area contributed by atoms with Crippen molar-refractivity contribution < 1.29 is 0 Å². The smallest absolute Gasteiger partial charge is 0.274 e. The molecule has 4 aromatic heterocycles. The van der Waals surface area contributed by atoms with Crippen molar-refractivity contribution in [3.63, 3.8) is 0 Å². The van der Waals surface area contributed by atoms with Crippen LogP contribution in [0.3, 0.4) is 0 Å². The highest BCUT2D eigenvalue weighted by molar-refractivity contribution is 5.68. The van der Waals surface area contributed by atoms with Crippen LogP contribution in [0.2, 0.25) is 0 Å². The predicted octanol–water partition coefficient (Wildman–Crippen LogP) is 2.79. The normalized spacial score (nSPS) is 13.3. The van der Waals surface area contributed by atoms with Gasteiger partial charge < -0.3 is 9.80 Å². The van der Waals surface area contributed by atoms with Gasteiger partial charge in [-0.3, -0.25) is 9.78 Å². The lowest BCUT2D eigenvalue weighted by atomic mass is 9.98. The Bertz CT molecular complexity index is 1390. The Labute approximate surface area is 186 Å². The molecule has 0 amide bonds. The van der Waals surface area contributed by atoms with Crippen LogP contribution in [0.1, 0.15) is 22.4 Å². The molecule has 0 bridgehead atoms. The Morgan fingerprint density at radius 2 is 1.84 bits per heavy atom. The highest BCUT2D eigenvalue weighted by Gasteiger charge is 2.22. The molecule has 0 saturated carbocycles. The fraction of sp³-hybridized carbons (Fsp3) is 0.292. The molecule has 0 radical (unpaired) electrons. The monoisotopic (exact) mass is 427 g/mol. The van der Waals surface area contributed by atoms with E-state index in [1.54, 1.807) is 0 Å². The van der Waals surface area contributed by atoms with Crippen molar-refractivity contribution in [2.24, 2.45) is 0 Å². The van der Waals surface area contributed by atoms with Crippen molar-refractivity contribution in [3.05, 3.63) is 75.6 Å². The molecule has 1 aliphatic rings. The second-order valence-corrected chi connectivity index (χ2v) is 8.46. The molecule has 1 aliphatic heterocycles. The summed E-state index contributed by atoms with van der Waals surface area (Å²) < 4.78 is 1.37.